The van der Waals surface area contributed by atoms with Gasteiger partial charge in [-0.2, -0.15) is 4.31 Å². The highest BCUT2D eigenvalue weighted by atomic mass is 32.2. The van der Waals surface area contributed by atoms with Gasteiger partial charge in [0.25, 0.3) is 5.91 Å². The summed E-state index contributed by atoms with van der Waals surface area (Å²) in [7, 11) is 2.00. The normalized spacial score (nSPS) is 14.4. The van der Waals surface area contributed by atoms with Crippen molar-refractivity contribution in [2.45, 2.75) is 37.6 Å². The Bertz CT molecular complexity index is 1280. The van der Waals surface area contributed by atoms with E-state index in [2.05, 4.69) is 13.0 Å². The second kappa shape index (κ2) is 9.13. The molecule has 176 valence electrons. The molecule has 0 saturated heterocycles. The van der Waals surface area contributed by atoms with Gasteiger partial charge in [-0.15, -0.1) is 0 Å². The molecule has 0 N–H and O–H groups in total. The quantitative estimate of drug-likeness (QED) is 0.483. The van der Waals surface area contributed by atoms with Gasteiger partial charge in [0.05, 0.1) is 15.1 Å². The van der Waals surface area contributed by atoms with Gasteiger partial charge in [-0.1, -0.05) is 17.4 Å². The van der Waals surface area contributed by atoms with Crippen molar-refractivity contribution in [1.82, 2.24) is 14.2 Å². The Balaban J connectivity index is 1.65. The molecule has 1 saturated carbocycles. The molecule has 0 aliphatic heterocycles. The van der Waals surface area contributed by atoms with Crippen LogP contribution in [0, 0.1) is 13.8 Å². The number of anilines is 1. The maximum Gasteiger partial charge on any atom is 0.260 e. The van der Waals surface area contributed by atoms with Crippen LogP contribution >= 0.6 is 11.3 Å². The average Bonchev–Trinajstić information content (AvgIpc) is 3.52. The van der Waals surface area contributed by atoms with Crippen molar-refractivity contribution in [2.75, 3.05) is 39.1 Å². The first-order valence-electron chi connectivity index (χ1n) is 11.0. The number of benzene rings is 2. The number of sulfonamides is 1. The van der Waals surface area contributed by atoms with E-state index in [1.807, 2.05) is 32.0 Å². The Hall–Kier alpha value is -2.33. The van der Waals surface area contributed by atoms with Crippen molar-refractivity contribution in [3.63, 3.8) is 0 Å². The summed E-state index contributed by atoms with van der Waals surface area (Å²) < 4.78 is 28.1. The molecule has 0 atom stereocenters. The van der Waals surface area contributed by atoms with Crippen LogP contribution in [-0.2, 0) is 10.0 Å². The Kier molecular flexibility index (Phi) is 6.59. The van der Waals surface area contributed by atoms with Crippen LogP contribution in [0.1, 0.15) is 34.3 Å². The Morgan fingerprint density at radius 3 is 2.33 bits per heavy atom. The summed E-state index contributed by atoms with van der Waals surface area (Å²) in [6.45, 7) is 5.25. The number of nitrogens with zero attached hydrogens (tertiary/aromatic N) is 4. The van der Waals surface area contributed by atoms with Crippen LogP contribution in [0.25, 0.3) is 10.2 Å². The predicted molar refractivity (Wildman–Crippen MR) is 134 cm³/mol. The van der Waals surface area contributed by atoms with Gasteiger partial charge < -0.3 is 4.90 Å². The lowest BCUT2D eigenvalue weighted by molar-refractivity contribution is 0.0985. The number of thiazole rings is 1. The van der Waals surface area contributed by atoms with Gasteiger partial charge in [-0.3, -0.25) is 9.69 Å². The fourth-order valence-electron chi connectivity index (χ4n) is 3.79. The Morgan fingerprint density at radius 2 is 1.73 bits per heavy atom. The highest BCUT2D eigenvalue weighted by molar-refractivity contribution is 7.89. The summed E-state index contributed by atoms with van der Waals surface area (Å²) in [4.78, 5) is 22.2. The molecule has 4 rings (SSSR count). The van der Waals surface area contributed by atoms with E-state index in [0.717, 1.165) is 34.2 Å². The van der Waals surface area contributed by atoms with Crippen LogP contribution in [-0.4, -0.2) is 68.8 Å². The van der Waals surface area contributed by atoms with E-state index in [1.54, 1.807) is 24.1 Å². The number of hydrogen-bond acceptors (Lipinski definition) is 6. The second-order valence-electron chi connectivity index (χ2n) is 8.96. The monoisotopic (exact) mass is 486 g/mol. The van der Waals surface area contributed by atoms with Crippen molar-refractivity contribution in [3.05, 3.63) is 53.1 Å². The molecule has 1 amide bonds. The molecule has 0 bridgehead atoms. The third kappa shape index (κ3) is 4.96. The van der Waals surface area contributed by atoms with E-state index in [0.29, 0.717) is 23.8 Å². The number of carbonyl (C=O) groups is 1. The summed E-state index contributed by atoms with van der Waals surface area (Å²) in [5, 5.41) is 0.649. The van der Waals surface area contributed by atoms with Gasteiger partial charge in [-0.05, 0) is 82.2 Å². The lowest BCUT2D eigenvalue weighted by Gasteiger charge is -2.22. The highest BCUT2D eigenvalue weighted by Gasteiger charge is 2.35. The molecule has 1 fully saturated rings. The standard InChI is InChI=1S/C24H30N4O3S2/c1-16-14-17(2)22-21(15-16)25-24(32-22)28(13-12-26(3)4)23(29)18-6-10-20(11-7-18)33(30,31)27(5)19-8-9-19/h6-7,10-11,14-15,19H,8-9,12-13H2,1-5H3. The molecule has 7 nitrogen and oxygen atoms in total. The van der Waals surface area contributed by atoms with Crippen LogP contribution in [0.3, 0.4) is 0 Å². The van der Waals surface area contributed by atoms with Crippen LogP contribution in [0.4, 0.5) is 5.13 Å². The topological polar surface area (TPSA) is 73.8 Å². The summed E-state index contributed by atoms with van der Waals surface area (Å²) >= 11 is 1.51. The molecule has 1 aliphatic carbocycles. The zero-order valence-electron chi connectivity index (χ0n) is 19.7. The minimum atomic E-state index is -3.55. The van der Waals surface area contributed by atoms with Gasteiger partial charge in [0.15, 0.2) is 5.13 Å². The highest BCUT2D eigenvalue weighted by Crippen LogP contribution is 2.33. The molecule has 0 unspecified atom stereocenters. The van der Waals surface area contributed by atoms with Gasteiger partial charge in [0, 0.05) is 31.7 Å². The number of likely N-dealkylation sites (N-methyl/N-ethyl adjacent to an activating group) is 1. The second-order valence-corrected chi connectivity index (χ2v) is 11.9. The molecule has 9 heteroatoms. The number of aromatic nitrogens is 1. The third-order valence-corrected chi connectivity index (χ3v) is 9.05. The number of carbonyl (C=O) groups excluding carboxylic acids is 1. The zero-order chi connectivity index (χ0) is 23.9. The van der Waals surface area contributed by atoms with Crippen molar-refractivity contribution in [1.29, 1.82) is 0 Å². The van der Waals surface area contributed by atoms with Gasteiger partial charge in [0.1, 0.15) is 0 Å². The molecular formula is C24H30N4O3S2. The fourth-order valence-corrected chi connectivity index (χ4v) is 6.25. The Labute approximate surface area is 199 Å². The van der Waals surface area contributed by atoms with E-state index in [4.69, 9.17) is 4.98 Å². The summed E-state index contributed by atoms with van der Waals surface area (Å²) in [5.41, 5.74) is 3.60. The maximum atomic E-state index is 13.5. The fraction of sp³-hybridized carbons (Fsp3) is 0.417. The molecule has 1 aliphatic rings. The van der Waals surface area contributed by atoms with E-state index in [-0.39, 0.29) is 16.8 Å². The SMILES string of the molecule is Cc1cc(C)c2sc(N(CCN(C)C)C(=O)c3ccc(S(=O)(=O)N(C)C4CC4)cc3)nc2c1. The number of rotatable bonds is 8. The molecule has 2 aromatic carbocycles. The minimum absolute atomic E-state index is 0.0870. The first kappa shape index (κ1) is 23.8. The largest absolute Gasteiger partial charge is 0.308 e. The maximum absolute atomic E-state index is 13.5. The Morgan fingerprint density at radius 1 is 1.06 bits per heavy atom. The van der Waals surface area contributed by atoms with Crippen LogP contribution < -0.4 is 4.90 Å². The van der Waals surface area contributed by atoms with Gasteiger partial charge in [0.2, 0.25) is 10.0 Å². The lowest BCUT2D eigenvalue weighted by Crippen LogP contribution is -2.36. The van der Waals surface area contributed by atoms with Crippen LogP contribution in [0.15, 0.2) is 41.3 Å². The van der Waals surface area contributed by atoms with Crippen molar-refractivity contribution in [3.8, 4) is 0 Å². The molecule has 1 heterocycles. The first-order valence-corrected chi connectivity index (χ1v) is 13.3. The van der Waals surface area contributed by atoms with Crippen molar-refractivity contribution < 1.29 is 13.2 Å². The van der Waals surface area contributed by atoms with E-state index >= 15 is 0 Å². The smallest absolute Gasteiger partial charge is 0.260 e. The number of amides is 1. The zero-order valence-corrected chi connectivity index (χ0v) is 21.3. The van der Waals surface area contributed by atoms with Crippen molar-refractivity contribution in [2.24, 2.45) is 0 Å². The van der Waals surface area contributed by atoms with E-state index in [1.165, 1.54) is 27.8 Å². The lowest BCUT2D eigenvalue weighted by atomic mass is 10.1. The molecule has 3 aromatic rings. The van der Waals surface area contributed by atoms with Crippen LogP contribution in [0.5, 0.6) is 0 Å². The first-order chi connectivity index (χ1) is 15.6. The average molecular weight is 487 g/mol. The molecule has 1 aromatic heterocycles. The molecule has 33 heavy (non-hydrogen) atoms. The van der Waals surface area contributed by atoms with E-state index in [9.17, 15) is 13.2 Å². The molecular weight excluding hydrogens is 456 g/mol. The summed E-state index contributed by atoms with van der Waals surface area (Å²) in [6, 6.07) is 10.5. The van der Waals surface area contributed by atoms with Gasteiger partial charge in [-0.25, -0.2) is 13.4 Å². The number of fused-ring (bicyclic) bond motifs is 1. The van der Waals surface area contributed by atoms with E-state index < -0.39 is 10.0 Å². The van der Waals surface area contributed by atoms with Crippen LogP contribution in [0.2, 0.25) is 0 Å². The summed E-state index contributed by atoms with van der Waals surface area (Å²) in [6.07, 6.45) is 1.79. The molecule has 0 spiro atoms. The minimum Gasteiger partial charge on any atom is -0.308 e. The van der Waals surface area contributed by atoms with Gasteiger partial charge >= 0.3 is 0 Å². The summed E-state index contributed by atoms with van der Waals surface area (Å²) in [5.74, 6) is -0.190. The van der Waals surface area contributed by atoms with Crippen molar-refractivity contribution >= 4 is 42.6 Å². The third-order valence-electron chi connectivity index (χ3n) is 5.90. The number of hydrogen-bond donors (Lipinski definition) is 0. The molecule has 0 radical (unpaired) electrons. The predicted octanol–water partition coefficient (Wildman–Crippen LogP) is 3.90. The number of aryl methyl sites for hydroxylation is 2.